The number of benzene rings is 1. The van der Waals surface area contributed by atoms with E-state index in [4.69, 9.17) is 11.6 Å². The van der Waals surface area contributed by atoms with E-state index in [1.54, 1.807) is 6.07 Å². The monoisotopic (exact) mass is 254 g/mol. The lowest BCUT2D eigenvalue weighted by atomic mass is 10.1. The molecule has 17 heavy (non-hydrogen) atoms. The van der Waals surface area contributed by atoms with Gasteiger partial charge in [0.25, 0.3) is 0 Å². The molecule has 1 atom stereocenters. The molecule has 0 saturated carbocycles. The lowest BCUT2D eigenvalue weighted by Crippen LogP contribution is -2.33. The van der Waals surface area contributed by atoms with Gasteiger partial charge in [0.2, 0.25) is 5.91 Å². The molecule has 1 rings (SSSR count). The minimum Gasteiger partial charge on any atom is -0.355 e. The summed E-state index contributed by atoms with van der Waals surface area (Å²) in [7, 11) is 1.91. The van der Waals surface area contributed by atoms with Crippen molar-refractivity contribution in [2.24, 2.45) is 5.92 Å². The molecule has 1 unspecified atom stereocenters. The van der Waals surface area contributed by atoms with Gasteiger partial charge in [-0.1, -0.05) is 30.7 Å². The minimum atomic E-state index is 0.0372. The zero-order valence-corrected chi connectivity index (χ0v) is 11.1. The molecule has 0 saturated heterocycles. The highest BCUT2D eigenvalue weighted by atomic mass is 35.5. The number of amides is 1. The lowest BCUT2D eigenvalue weighted by molar-refractivity contribution is -0.120. The minimum absolute atomic E-state index is 0.0372. The van der Waals surface area contributed by atoms with Crippen molar-refractivity contribution in [2.75, 3.05) is 20.1 Å². The van der Waals surface area contributed by atoms with Gasteiger partial charge < -0.3 is 10.6 Å². The molecule has 0 heterocycles. The van der Waals surface area contributed by atoms with Crippen LogP contribution in [0.2, 0.25) is 5.02 Å². The van der Waals surface area contributed by atoms with Crippen LogP contribution >= 0.6 is 11.6 Å². The molecular formula is C13H19ClN2O. The average molecular weight is 255 g/mol. The molecule has 0 aliphatic carbocycles. The van der Waals surface area contributed by atoms with Crippen molar-refractivity contribution in [3.63, 3.8) is 0 Å². The molecule has 2 N–H and O–H groups in total. The van der Waals surface area contributed by atoms with Crippen LogP contribution in [0.1, 0.15) is 12.5 Å². The van der Waals surface area contributed by atoms with E-state index in [-0.39, 0.29) is 5.91 Å². The van der Waals surface area contributed by atoms with E-state index in [1.165, 1.54) is 0 Å². The molecular weight excluding hydrogens is 236 g/mol. The second-order valence-electron chi connectivity index (χ2n) is 4.27. The molecule has 0 aromatic heterocycles. The van der Waals surface area contributed by atoms with Gasteiger partial charge >= 0.3 is 0 Å². The summed E-state index contributed by atoms with van der Waals surface area (Å²) in [5, 5.41) is 6.66. The summed E-state index contributed by atoms with van der Waals surface area (Å²) < 4.78 is 0. The third kappa shape index (κ3) is 5.71. The highest BCUT2D eigenvalue weighted by Gasteiger charge is 2.06. The van der Waals surface area contributed by atoms with Gasteiger partial charge in [-0.3, -0.25) is 4.79 Å². The standard InChI is InChI=1S/C13H19ClN2O/c1-10(8-15-2)9-16-13(17)7-11-4-3-5-12(14)6-11/h3-6,10,15H,7-9H2,1-2H3,(H,16,17). The number of rotatable bonds is 6. The second kappa shape index (κ2) is 7.30. The van der Waals surface area contributed by atoms with Crippen LogP contribution in [0.5, 0.6) is 0 Å². The summed E-state index contributed by atoms with van der Waals surface area (Å²) >= 11 is 5.86. The molecule has 1 amide bonds. The van der Waals surface area contributed by atoms with E-state index in [9.17, 15) is 4.79 Å². The predicted octanol–water partition coefficient (Wildman–Crippen LogP) is 1.85. The Balaban J connectivity index is 2.34. The average Bonchev–Trinajstić information content (AvgIpc) is 2.27. The number of hydrogen-bond donors (Lipinski definition) is 2. The van der Waals surface area contributed by atoms with Crippen LogP contribution in [0.25, 0.3) is 0 Å². The molecule has 0 aliphatic rings. The molecule has 94 valence electrons. The van der Waals surface area contributed by atoms with Crippen molar-refractivity contribution in [2.45, 2.75) is 13.3 Å². The van der Waals surface area contributed by atoms with Crippen LogP contribution in [-0.2, 0) is 11.2 Å². The van der Waals surface area contributed by atoms with Gasteiger partial charge in [-0.2, -0.15) is 0 Å². The first-order chi connectivity index (χ1) is 8.11. The number of nitrogens with one attached hydrogen (secondary N) is 2. The lowest BCUT2D eigenvalue weighted by Gasteiger charge is -2.11. The molecule has 1 aromatic carbocycles. The molecule has 0 spiro atoms. The van der Waals surface area contributed by atoms with Crippen LogP contribution in [0.15, 0.2) is 24.3 Å². The fraction of sp³-hybridized carbons (Fsp3) is 0.462. The largest absolute Gasteiger partial charge is 0.355 e. The van der Waals surface area contributed by atoms with Crippen molar-refractivity contribution in [1.29, 1.82) is 0 Å². The Morgan fingerprint density at radius 2 is 2.18 bits per heavy atom. The zero-order chi connectivity index (χ0) is 12.7. The van der Waals surface area contributed by atoms with Crippen molar-refractivity contribution in [3.05, 3.63) is 34.9 Å². The molecule has 0 bridgehead atoms. The fourth-order valence-corrected chi connectivity index (χ4v) is 1.82. The maximum absolute atomic E-state index is 11.7. The van der Waals surface area contributed by atoms with Crippen LogP contribution in [0, 0.1) is 5.92 Å². The summed E-state index contributed by atoms with van der Waals surface area (Å²) in [4.78, 5) is 11.7. The third-order valence-corrected chi connectivity index (χ3v) is 2.69. The van der Waals surface area contributed by atoms with Gasteiger partial charge in [-0.15, -0.1) is 0 Å². The van der Waals surface area contributed by atoms with Gasteiger partial charge in [0, 0.05) is 11.6 Å². The van der Waals surface area contributed by atoms with Crippen LogP contribution in [-0.4, -0.2) is 26.0 Å². The first-order valence-electron chi connectivity index (χ1n) is 5.77. The second-order valence-corrected chi connectivity index (χ2v) is 4.71. The van der Waals surface area contributed by atoms with Gasteiger partial charge in [0.1, 0.15) is 0 Å². The normalized spacial score (nSPS) is 12.2. The van der Waals surface area contributed by atoms with E-state index < -0.39 is 0 Å². The Kier molecular flexibility index (Phi) is 6.01. The number of halogens is 1. The summed E-state index contributed by atoms with van der Waals surface area (Å²) in [6.45, 7) is 3.69. The first kappa shape index (κ1) is 14.0. The molecule has 1 aromatic rings. The number of carbonyl (C=O) groups is 1. The summed E-state index contributed by atoms with van der Waals surface area (Å²) in [5.41, 5.74) is 0.941. The Hall–Kier alpha value is -1.06. The quantitative estimate of drug-likeness (QED) is 0.814. The van der Waals surface area contributed by atoms with Crippen molar-refractivity contribution in [3.8, 4) is 0 Å². The molecule has 4 heteroatoms. The summed E-state index contributed by atoms with van der Waals surface area (Å²) in [5.74, 6) is 0.471. The van der Waals surface area contributed by atoms with Crippen molar-refractivity contribution < 1.29 is 4.79 Å². The van der Waals surface area contributed by atoms with Gasteiger partial charge in [-0.05, 0) is 37.2 Å². The molecule has 0 aliphatic heterocycles. The molecule has 0 radical (unpaired) electrons. The number of hydrogen-bond acceptors (Lipinski definition) is 2. The van der Waals surface area contributed by atoms with E-state index in [0.29, 0.717) is 23.9 Å². The number of carbonyl (C=O) groups excluding carboxylic acids is 1. The van der Waals surface area contributed by atoms with Crippen LogP contribution < -0.4 is 10.6 Å². The molecule has 0 fully saturated rings. The van der Waals surface area contributed by atoms with Gasteiger partial charge in [-0.25, -0.2) is 0 Å². The first-order valence-corrected chi connectivity index (χ1v) is 6.15. The Labute approximate surface area is 108 Å². The highest BCUT2D eigenvalue weighted by Crippen LogP contribution is 2.10. The zero-order valence-electron chi connectivity index (χ0n) is 10.3. The van der Waals surface area contributed by atoms with Crippen LogP contribution in [0.4, 0.5) is 0 Å². The topological polar surface area (TPSA) is 41.1 Å². The maximum atomic E-state index is 11.7. The predicted molar refractivity (Wildman–Crippen MR) is 71.3 cm³/mol. The maximum Gasteiger partial charge on any atom is 0.224 e. The van der Waals surface area contributed by atoms with E-state index in [2.05, 4.69) is 17.6 Å². The Morgan fingerprint density at radius 3 is 2.82 bits per heavy atom. The van der Waals surface area contributed by atoms with Gasteiger partial charge in [0.15, 0.2) is 0 Å². The Morgan fingerprint density at radius 1 is 1.41 bits per heavy atom. The van der Waals surface area contributed by atoms with Crippen molar-refractivity contribution >= 4 is 17.5 Å². The third-order valence-electron chi connectivity index (χ3n) is 2.45. The Bertz CT molecular complexity index is 368. The van der Waals surface area contributed by atoms with E-state index in [1.807, 2.05) is 25.2 Å². The SMILES string of the molecule is CNCC(C)CNC(=O)Cc1cccc(Cl)c1. The van der Waals surface area contributed by atoms with Crippen molar-refractivity contribution in [1.82, 2.24) is 10.6 Å². The van der Waals surface area contributed by atoms with E-state index >= 15 is 0 Å². The van der Waals surface area contributed by atoms with Gasteiger partial charge in [0.05, 0.1) is 6.42 Å². The summed E-state index contributed by atoms with van der Waals surface area (Å²) in [6, 6.07) is 7.38. The fourth-order valence-electron chi connectivity index (χ4n) is 1.60. The smallest absolute Gasteiger partial charge is 0.224 e. The summed E-state index contributed by atoms with van der Waals surface area (Å²) in [6.07, 6.45) is 0.382. The van der Waals surface area contributed by atoms with E-state index in [0.717, 1.165) is 12.1 Å². The van der Waals surface area contributed by atoms with Crippen LogP contribution in [0.3, 0.4) is 0 Å². The highest BCUT2D eigenvalue weighted by molar-refractivity contribution is 6.30. The molecule has 3 nitrogen and oxygen atoms in total.